The van der Waals surface area contributed by atoms with Crippen LogP contribution >= 0.6 is 68.0 Å². The molecule has 0 bridgehead atoms. The van der Waals surface area contributed by atoms with Gasteiger partial charge in [0.2, 0.25) is 0 Å². The van der Waals surface area contributed by atoms with E-state index in [1.807, 2.05) is 51.4 Å². The van der Waals surface area contributed by atoms with E-state index in [0.717, 1.165) is 51.1 Å². The molecule has 67 heavy (non-hydrogen) atoms. The van der Waals surface area contributed by atoms with Crippen LogP contribution in [0.15, 0.2) is 97.1 Å². The van der Waals surface area contributed by atoms with Gasteiger partial charge in [-0.2, -0.15) is 0 Å². The van der Waals surface area contributed by atoms with Crippen LogP contribution in [0.25, 0.3) is 81.8 Å². The van der Waals surface area contributed by atoms with Crippen LogP contribution in [0.2, 0.25) is 0 Å². The molecular weight excluding hydrogens is 935 g/mol. The molecule has 3 nitrogen and oxygen atoms in total. The molecule has 2 amide bonds. The van der Waals surface area contributed by atoms with Gasteiger partial charge in [0, 0.05) is 77.4 Å². The van der Waals surface area contributed by atoms with E-state index in [4.69, 9.17) is 0 Å². The van der Waals surface area contributed by atoms with Crippen LogP contribution in [0.4, 0.5) is 0 Å². The highest BCUT2D eigenvalue weighted by Gasteiger charge is 2.41. The summed E-state index contributed by atoms with van der Waals surface area (Å²) in [6, 6.07) is 36.0. The lowest BCUT2D eigenvalue weighted by Gasteiger charge is -2.13. The number of unbranched alkanes of at least 4 members (excludes halogenated alkanes) is 3. The van der Waals surface area contributed by atoms with Gasteiger partial charge in [-0.25, -0.2) is 0 Å². The number of nitrogens with zero attached hydrogens (tertiary/aromatic N) is 1. The molecule has 0 N–H and O–H groups in total. The maximum Gasteiger partial charge on any atom is 0.271 e. The number of hydrogen-bond donors (Lipinski definition) is 0. The first-order chi connectivity index (χ1) is 32.8. The molecule has 3 aromatic carbocycles. The SMILES string of the molecule is CCCCC(CC)Cc1ccc(-c2c3cc(-c4sc(-c5ccccc5)c5c6c(sc45)C(=O)N(CCCC)C6=O)sc3c(-c3ccc(CC(CC)CCCC)s3)c3cc(-c4ccccc4)sc23)s1. The minimum absolute atomic E-state index is 0.137. The van der Waals surface area contributed by atoms with E-state index in [2.05, 4.69) is 126 Å². The summed E-state index contributed by atoms with van der Waals surface area (Å²) in [7, 11) is 0. The Bertz CT molecular complexity index is 3080. The average molecular weight is 995 g/mol. The van der Waals surface area contributed by atoms with Crippen molar-refractivity contribution in [1.29, 1.82) is 0 Å². The predicted octanol–water partition coefficient (Wildman–Crippen LogP) is 19.8. The molecule has 2 unspecified atom stereocenters. The molecule has 1 aliphatic heterocycles. The summed E-state index contributed by atoms with van der Waals surface area (Å²) in [4.78, 5) is 40.8. The number of fused-ring (bicyclic) bond motifs is 5. The standard InChI is InChI=1S/C58H59NO2S6/c1-6-11-20-35(9-4)31-39-26-28-43(62-39)47-41-33-45(37-22-16-14-17-23-37)64-52(41)48(44-29-27-40(63-44)32-36(10-5)21-12-7-2)42-34-46(65-53(42)47)54-55-49(51(66-54)38-24-18-15-19-25-38)50-56(67-55)58(61)59(57(50)60)30-13-8-3/h14-19,22-29,33-36H,6-13,20-21,30-32H2,1-5H3. The van der Waals surface area contributed by atoms with Crippen molar-refractivity contribution >= 4 is 110 Å². The third-order valence-corrected chi connectivity index (χ3v) is 21.2. The van der Waals surface area contributed by atoms with Gasteiger partial charge in [0.15, 0.2) is 0 Å². The van der Waals surface area contributed by atoms with Crippen LogP contribution in [0.5, 0.6) is 0 Å². The Morgan fingerprint density at radius 1 is 0.463 bits per heavy atom. The second-order valence-corrected chi connectivity index (χ2v) is 24.8. The number of carbonyl (C=O) groups excluding carboxylic acids is 2. The van der Waals surface area contributed by atoms with Crippen molar-refractivity contribution in [3.05, 3.63) is 117 Å². The number of rotatable bonds is 20. The molecule has 0 radical (unpaired) electrons. The summed E-state index contributed by atoms with van der Waals surface area (Å²) in [5.41, 5.74) is 5.61. The first-order valence-corrected chi connectivity index (χ1v) is 29.5. The lowest BCUT2D eigenvalue weighted by Crippen LogP contribution is -2.30. The van der Waals surface area contributed by atoms with Gasteiger partial charge >= 0.3 is 0 Å². The maximum absolute atomic E-state index is 14.3. The van der Waals surface area contributed by atoms with Gasteiger partial charge in [-0.3, -0.25) is 14.5 Å². The first kappa shape index (κ1) is 46.5. The lowest BCUT2D eigenvalue weighted by atomic mass is 9.95. The van der Waals surface area contributed by atoms with Crippen molar-refractivity contribution in [3.8, 4) is 51.5 Å². The fraction of sp³-hybridized carbons (Fsp3) is 0.345. The van der Waals surface area contributed by atoms with Gasteiger partial charge < -0.3 is 0 Å². The van der Waals surface area contributed by atoms with Crippen molar-refractivity contribution in [2.24, 2.45) is 11.8 Å². The molecule has 344 valence electrons. The highest BCUT2D eigenvalue weighted by Crippen LogP contribution is 2.58. The van der Waals surface area contributed by atoms with Crippen LogP contribution in [0, 0.1) is 11.8 Å². The van der Waals surface area contributed by atoms with E-state index in [-0.39, 0.29) is 11.8 Å². The van der Waals surface area contributed by atoms with E-state index in [0.29, 0.717) is 28.8 Å². The third kappa shape index (κ3) is 8.87. The summed E-state index contributed by atoms with van der Waals surface area (Å²) >= 11 is 11.1. The topological polar surface area (TPSA) is 37.4 Å². The quantitative estimate of drug-likeness (QED) is 0.0714. The highest BCUT2D eigenvalue weighted by atomic mass is 32.1. The lowest BCUT2D eigenvalue weighted by molar-refractivity contribution is 0.0654. The van der Waals surface area contributed by atoms with Gasteiger partial charge in [-0.05, 0) is 78.6 Å². The molecule has 0 saturated carbocycles. The molecule has 9 aromatic rings. The van der Waals surface area contributed by atoms with Crippen LogP contribution in [0.3, 0.4) is 0 Å². The molecule has 0 fully saturated rings. The molecule has 0 aliphatic carbocycles. The Balaban J connectivity index is 1.22. The van der Waals surface area contributed by atoms with E-state index in [1.165, 1.54) is 134 Å². The minimum Gasteiger partial charge on any atom is -0.274 e. The molecule has 6 aromatic heterocycles. The Morgan fingerprint density at radius 3 is 1.55 bits per heavy atom. The molecule has 2 atom stereocenters. The normalized spacial score (nSPS) is 13.8. The van der Waals surface area contributed by atoms with E-state index in [1.54, 1.807) is 11.3 Å². The largest absolute Gasteiger partial charge is 0.274 e. The van der Waals surface area contributed by atoms with Crippen molar-refractivity contribution in [2.45, 2.75) is 112 Å². The van der Waals surface area contributed by atoms with Crippen molar-refractivity contribution < 1.29 is 9.59 Å². The maximum atomic E-state index is 14.3. The van der Waals surface area contributed by atoms with Gasteiger partial charge in [0.1, 0.15) is 4.88 Å². The molecule has 7 heterocycles. The Morgan fingerprint density at radius 2 is 1.00 bits per heavy atom. The Hall–Kier alpha value is -4.22. The first-order valence-electron chi connectivity index (χ1n) is 24.6. The number of thiophene rings is 6. The Labute approximate surface area is 420 Å². The second kappa shape index (κ2) is 20.4. The number of hydrogen-bond acceptors (Lipinski definition) is 8. The molecule has 9 heteroatoms. The summed E-state index contributed by atoms with van der Waals surface area (Å²) in [6.45, 7) is 11.9. The number of carbonyl (C=O) groups is 2. The summed E-state index contributed by atoms with van der Waals surface area (Å²) in [6.07, 6.45) is 14.0. The highest BCUT2D eigenvalue weighted by molar-refractivity contribution is 7.33. The minimum atomic E-state index is -0.140. The van der Waals surface area contributed by atoms with E-state index >= 15 is 0 Å². The van der Waals surface area contributed by atoms with Gasteiger partial charge in [-0.1, -0.05) is 153 Å². The van der Waals surface area contributed by atoms with Crippen molar-refractivity contribution in [1.82, 2.24) is 4.90 Å². The smallest absolute Gasteiger partial charge is 0.271 e. The van der Waals surface area contributed by atoms with Crippen LogP contribution < -0.4 is 0 Å². The summed E-state index contributed by atoms with van der Waals surface area (Å²) < 4.78 is 3.72. The zero-order valence-corrected chi connectivity index (χ0v) is 44.2. The summed E-state index contributed by atoms with van der Waals surface area (Å²) in [5, 5.41) is 3.57. The van der Waals surface area contributed by atoms with Crippen LogP contribution in [0.1, 0.15) is 129 Å². The Kier molecular flexibility index (Phi) is 14.2. The van der Waals surface area contributed by atoms with Crippen LogP contribution in [-0.4, -0.2) is 23.3 Å². The van der Waals surface area contributed by atoms with Crippen molar-refractivity contribution in [3.63, 3.8) is 0 Å². The molecule has 1 aliphatic rings. The molecule has 10 rings (SSSR count). The average Bonchev–Trinajstić information content (AvgIpc) is 4.24. The molecular formula is C58H59NO2S6. The number of amides is 2. The molecule has 0 saturated heterocycles. The summed E-state index contributed by atoms with van der Waals surface area (Å²) in [5.74, 6) is 1.11. The van der Waals surface area contributed by atoms with Gasteiger partial charge in [-0.15, -0.1) is 68.0 Å². The molecule has 0 spiro atoms. The second-order valence-electron chi connectivity index (χ2n) is 18.3. The number of benzene rings is 3. The van der Waals surface area contributed by atoms with Gasteiger partial charge in [0.25, 0.3) is 11.8 Å². The zero-order valence-electron chi connectivity index (χ0n) is 39.3. The van der Waals surface area contributed by atoms with Gasteiger partial charge in [0.05, 0.1) is 15.1 Å². The van der Waals surface area contributed by atoms with Crippen molar-refractivity contribution in [2.75, 3.05) is 6.54 Å². The van der Waals surface area contributed by atoms with E-state index in [9.17, 15) is 9.59 Å². The fourth-order valence-corrected chi connectivity index (χ4v) is 17.9. The number of imide groups is 1. The van der Waals surface area contributed by atoms with Crippen LogP contribution in [-0.2, 0) is 12.8 Å². The predicted molar refractivity (Wildman–Crippen MR) is 298 cm³/mol. The third-order valence-electron chi connectivity index (χ3n) is 13.8. The fourth-order valence-electron chi connectivity index (χ4n) is 10.0. The zero-order chi connectivity index (χ0) is 46.2. The van der Waals surface area contributed by atoms with E-state index < -0.39 is 0 Å². The monoisotopic (exact) mass is 993 g/mol.